The Bertz CT molecular complexity index is 315. The number of thiophene rings is 1. The van der Waals surface area contributed by atoms with E-state index < -0.39 is 5.92 Å². The van der Waals surface area contributed by atoms with Crippen molar-refractivity contribution in [3.8, 4) is 0 Å². The van der Waals surface area contributed by atoms with Gasteiger partial charge in [-0.3, -0.25) is 0 Å². The average molecular weight is 202 g/mol. The molecule has 0 bridgehead atoms. The predicted molar refractivity (Wildman–Crippen MR) is 50.5 cm³/mol. The molecule has 13 heavy (non-hydrogen) atoms. The largest absolute Gasteiger partial charge is 0.282 e. The first-order valence-corrected chi connectivity index (χ1v) is 5.45. The van der Waals surface area contributed by atoms with Gasteiger partial charge in [0.2, 0.25) is 0 Å². The van der Waals surface area contributed by atoms with Crippen molar-refractivity contribution >= 4 is 11.3 Å². The molecule has 0 radical (unpaired) electrons. The summed E-state index contributed by atoms with van der Waals surface area (Å²) in [5.41, 5.74) is 0.887. The molecule has 0 aromatic carbocycles. The molecule has 0 amide bonds. The second-order valence-corrected chi connectivity index (χ2v) is 4.62. The Morgan fingerprint density at radius 2 is 2.31 bits per heavy atom. The lowest BCUT2D eigenvalue weighted by Gasteiger charge is -2.21. The number of aryl methyl sites for hydroxylation is 2. The van der Waals surface area contributed by atoms with E-state index in [1.54, 1.807) is 0 Å². The zero-order valence-electron chi connectivity index (χ0n) is 7.57. The summed E-state index contributed by atoms with van der Waals surface area (Å²) in [7, 11) is 0. The van der Waals surface area contributed by atoms with E-state index in [1.165, 1.54) is 11.3 Å². The monoisotopic (exact) mass is 202 g/mol. The summed E-state index contributed by atoms with van der Waals surface area (Å²) < 4.78 is 26.7. The molecule has 0 fully saturated rings. The number of hydrogen-bond donors (Lipinski definition) is 0. The highest BCUT2D eigenvalue weighted by Crippen LogP contribution is 2.44. The maximum atomic E-state index is 13.4. The summed E-state index contributed by atoms with van der Waals surface area (Å²) in [6.07, 6.45) is 2.36. The molecule has 0 atom stereocenters. The summed E-state index contributed by atoms with van der Waals surface area (Å²) in [6, 6.07) is 1.95. The minimum absolute atomic E-state index is 0.0314. The molecule has 0 nitrogen and oxygen atoms in total. The van der Waals surface area contributed by atoms with E-state index in [4.69, 9.17) is 0 Å². The van der Waals surface area contributed by atoms with Gasteiger partial charge in [0.25, 0.3) is 5.92 Å². The molecule has 0 saturated carbocycles. The van der Waals surface area contributed by atoms with Crippen LogP contribution in [0.15, 0.2) is 6.07 Å². The van der Waals surface area contributed by atoms with Gasteiger partial charge in [0.15, 0.2) is 0 Å². The van der Waals surface area contributed by atoms with Crippen LogP contribution in [0.3, 0.4) is 0 Å². The van der Waals surface area contributed by atoms with E-state index in [1.807, 2.05) is 13.0 Å². The van der Waals surface area contributed by atoms with Crippen molar-refractivity contribution in [2.24, 2.45) is 0 Å². The molecule has 72 valence electrons. The molecular weight excluding hydrogens is 190 g/mol. The van der Waals surface area contributed by atoms with Gasteiger partial charge in [0, 0.05) is 11.3 Å². The third kappa shape index (κ3) is 1.50. The Hall–Kier alpha value is -0.440. The van der Waals surface area contributed by atoms with Gasteiger partial charge in [-0.05, 0) is 30.9 Å². The minimum Gasteiger partial charge on any atom is -0.200 e. The van der Waals surface area contributed by atoms with Gasteiger partial charge in [-0.25, -0.2) is 8.78 Å². The number of halogens is 2. The fourth-order valence-electron chi connectivity index (χ4n) is 1.77. The fraction of sp³-hybridized carbons (Fsp3) is 0.600. The maximum absolute atomic E-state index is 13.4. The van der Waals surface area contributed by atoms with Crippen LogP contribution in [0.4, 0.5) is 8.78 Å². The molecule has 2 rings (SSSR count). The lowest BCUT2D eigenvalue weighted by Crippen LogP contribution is -2.18. The van der Waals surface area contributed by atoms with Crippen molar-refractivity contribution in [1.82, 2.24) is 0 Å². The Morgan fingerprint density at radius 3 is 2.92 bits per heavy atom. The molecular formula is C10H12F2S. The fourth-order valence-corrected chi connectivity index (χ4v) is 2.92. The van der Waals surface area contributed by atoms with Crippen molar-refractivity contribution in [2.75, 3.05) is 0 Å². The van der Waals surface area contributed by atoms with E-state index in [0.29, 0.717) is 11.3 Å². The quantitative estimate of drug-likeness (QED) is 0.650. The molecule has 0 aliphatic heterocycles. The van der Waals surface area contributed by atoms with Gasteiger partial charge in [-0.1, -0.05) is 6.92 Å². The average Bonchev–Trinajstić information content (AvgIpc) is 2.48. The molecule has 1 heterocycles. The van der Waals surface area contributed by atoms with E-state index in [-0.39, 0.29) is 6.42 Å². The minimum atomic E-state index is -2.55. The van der Waals surface area contributed by atoms with Gasteiger partial charge in [-0.15, -0.1) is 11.3 Å². The Kier molecular flexibility index (Phi) is 2.14. The van der Waals surface area contributed by atoms with Crippen LogP contribution < -0.4 is 0 Å². The molecule has 1 aliphatic carbocycles. The lowest BCUT2D eigenvalue weighted by molar-refractivity contribution is -0.0175. The summed E-state index contributed by atoms with van der Waals surface area (Å²) in [5.74, 6) is -2.55. The molecule has 1 aromatic rings. The van der Waals surface area contributed by atoms with Gasteiger partial charge >= 0.3 is 0 Å². The lowest BCUT2D eigenvalue weighted by atomic mass is 9.96. The van der Waals surface area contributed by atoms with Crippen LogP contribution in [-0.4, -0.2) is 0 Å². The third-order valence-electron chi connectivity index (χ3n) is 2.48. The van der Waals surface area contributed by atoms with Gasteiger partial charge in [-0.2, -0.15) is 0 Å². The summed E-state index contributed by atoms with van der Waals surface area (Å²) >= 11 is 1.29. The number of hydrogen-bond acceptors (Lipinski definition) is 1. The van der Waals surface area contributed by atoms with Crippen molar-refractivity contribution in [2.45, 2.75) is 38.5 Å². The summed E-state index contributed by atoms with van der Waals surface area (Å²) in [4.78, 5) is 1.42. The maximum Gasteiger partial charge on any atom is 0.282 e. The molecule has 1 aromatic heterocycles. The highest BCUT2D eigenvalue weighted by molar-refractivity contribution is 7.12. The summed E-state index contributed by atoms with van der Waals surface area (Å²) in [5, 5.41) is 0. The van der Waals surface area contributed by atoms with Crippen LogP contribution >= 0.6 is 11.3 Å². The highest BCUT2D eigenvalue weighted by Gasteiger charge is 2.38. The number of rotatable bonds is 1. The molecule has 0 spiro atoms. The first-order chi connectivity index (χ1) is 6.13. The van der Waals surface area contributed by atoms with Crippen molar-refractivity contribution in [1.29, 1.82) is 0 Å². The number of alkyl halides is 2. The van der Waals surface area contributed by atoms with Crippen LogP contribution in [0, 0.1) is 0 Å². The topological polar surface area (TPSA) is 0 Å². The Labute approximate surface area is 80.6 Å². The standard InChI is InChI=1S/C10H12F2S/c1-2-8-6-7-4-3-5-10(11,12)9(7)13-8/h6H,2-5H2,1H3. The van der Waals surface area contributed by atoms with Gasteiger partial charge in [0.05, 0.1) is 4.88 Å². The van der Waals surface area contributed by atoms with E-state index >= 15 is 0 Å². The van der Waals surface area contributed by atoms with E-state index in [0.717, 1.165) is 23.3 Å². The first kappa shape index (κ1) is 9.13. The van der Waals surface area contributed by atoms with Crippen LogP contribution in [0.25, 0.3) is 0 Å². The van der Waals surface area contributed by atoms with E-state index in [9.17, 15) is 8.78 Å². The molecule has 1 aliphatic rings. The van der Waals surface area contributed by atoms with Crippen molar-refractivity contribution in [3.05, 3.63) is 21.4 Å². The second-order valence-electron chi connectivity index (χ2n) is 3.48. The van der Waals surface area contributed by atoms with Crippen LogP contribution in [0.5, 0.6) is 0 Å². The molecule has 0 N–H and O–H groups in total. The smallest absolute Gasteiger partial charge is 0.200 e. The van der Waals surface area contributed by atoms with Crippen LogP contribution in [-0.2, 0) is 18.8 Å². The molecule has 0 unspecified atom stereocenters. The second kappa shape index (κ2) is 3.05. The molecule has 0 saturated heterocycles. The third-order valence-corrected chi connectivity index (χ3v) is 3.91. The van der Waals surface area contributed by atoms with Gasteiger partial charge < -0.3 is 0 Å². The van der Waals surface area contributed by atoms with Crippen molar-refractivity contribution < 1.29 is 8.78 Å². The van der Waals surface area contributed by atoms with E-state index in [2.05, 4.69) is 0 Å². The van der Waals surface area contributed by atoms with Crippen LogP contribution in [0.1, 0.15) is 35.1 Å². The Morgan fingerprint density at radius 1 is 1.54 bits per heavy atom. The van der Waals surface area contributed by atoms with Crippen molar-refractivity contribution in [3.63, 3.8) is 0 Å². The summed E-state index contributed by atoms with van der Waals surface area (Å²) in [6.45, 7) is 2.01. The number of fused-ring (bicyclic) bond motifs is 1. The molecule has 3 heteroatoms. The van der Waals surface area contributed by atoms with Gasteiger partial charge in [0.1, 0.15) is 0 Å². The highest BCUT2D eigenvalue weighted by atomic mass is 32.1. The Balaban J connectivity index is 2.44. The normalized spacial score (nSPS) is 19.9. The first-order valence-electron chi connectivity index (χ1n) is 4.63. The zero-order valence-corrected chi connectivity index (χ0v) is 8.39. The predicted octanol–water partition coefficient (Wildman–Crippen LogP) is 3.74. The van der Waals surface area contributed by atoms with Crippen LogP contribution in [0.2, 0.25) is 0 Å². The zero-order chi connectivity index (χ0) is 9.47. The SMILES string of the molecule is CCc1cc2c(s1)C(F)(F)CCC2.